The molecule has 9 unspecified atom stereocenters. The summed E-state index contributed by atoms with van der Waals surface area (Å²) in [7, 11) is 1.51. The molecule has 17 heteroatoms. The van der Waals surface area contributed by atoms with Crippen molar-refractivity contribution in [1.29, 1.82) is 0 Å². The van der Waals surface area contributed by atoms with Gasteiger partial charge in [0.25, 0.3) is 0 Å². The molecule has 0 radical (unpaired) electrons. The molecule has 9 atom stereocenters. The number of nitrogens with zero attached hydrogens (tertiary/aromatic N) is 2. The van der Waals surface area contributed by atoms with Crippen molar-refractivity contribution in [2.75, 3.05) is 27.1 Å². The summed E-state index contributed by atoms with van der Waals surface area (Å²) >= 11 is 0. The number of hydrogen-bond donors (Lipinski definition) is 2. The van der Waals surface area contributed by atoms with E-state index in [1.807, 2.05) is 30.3 Å². The van der Waals surface area contributed by atoms with Gasteiger partial charge in [-0.05, 0) is 50.0 Å². The van der Waals surface area contributed by atoms with Gasteiger partial charge < -0.3 is 43.7 Å². The van der Waals surface area contributed by atoms with Crippen molar-refractivity contribution in [3.05, 3.63) is 77.4 Å². The highest BCUT2D eigenvalue weighted by Gasteiger charge is 2.75. The van der Waals surface area contributed by atoms with E-state index in [-0.39, 0.29) is 45.6 Å². The van der Waals surface area contributed by atoms with Gasteiger partial charge in [-0.1, -0.05) is 68.4 Å². The third kappa shape index (κ3) is 9.27. The zero-order valence-electron chi connectivity index (χ0n) is 35.8. The number of fused-ring (bicyclic) bond motifs is 4. The second kappa shape index (κ2) is 17.9. The molecule has 17 nitrogen and oxygen atoms in total. The lowest BCUT2D eigenvalue weighted by atomic mass is 9.62. The maximum absolute atomic E-state index is 15.4. The molecule has 0 spiro atoms. The Bertz CT molecular complexity index is 2070. The number of cyclic esters (lactones) is 1. The molecule has 2 bridgehead atoms. The first-order valence-electron chi connectivity index (χ1n) is 20.9. The van der Waals surface area contributed by atoms with Gasteiger partial charge in [-0.25, -0.2) is 9.59 Å². The van der Waals surface area contributed by atoms with Crippen molar-refractivity contribution in [3.8, 4) is 0 Å². The number of carbonyl (C=O) groups excluding carboxylic acids is 6. The average Bonchev–Trinajstić information content (AvgIpc) is 3.92. The molecule has 4 heterocycles. The number of hydroxylamine groups is 2. The van der Waals surface area contributed by atoms with Gasteiger partial charge in [-0.15, -0.1) is 0 Å². The molecular formula is C45H55N3O14. The molecule has 62 heavy (non-hydrogen) atoms. The summed E-state index contributed by atoms with van der Waals surface area (Å²) in [6.07, 6.45) is -1.46. The predicted octanol–water partition coefficient (Wildman–Crippen LogP) is 2.40. The Balaban J connectivity index is 1.14. The smallest absolute Gasteiger partial charge is 0.348 e. The normalized spacial score (nSPS) is 28.4. The van der Waals surface area contributed by atoms with E-state index in [9.17, 15) is 29.1 Å². The lowest BCUT2D eigenvalue weighted by Gasteiger charge is -2.50. The van der Waals surface area contributed by atoms with E-state index in [1.54, 1.807) is 58.9 Å². The van der Waals surface area contributed by atoms with Crippen LogP contribution in [0.2, 0.25) is 0 Å². The van der Waals surface area contributed by atoms with E-state index >= 15 is 4.79 Å². The van der Waals surface area contributed by atoms with Crippen molar-refractivity contribution in [2.24, 2.45) is 10.8 Å². The van der Waals surface area contributed by atoms with E-state index in [0.29, 0.717) is 11.1 Å². The minimum Gasteiger partial charge on any atom is -0.462 e. The van der Waals surface area contributed by atoms with Crippen LogP contribution >= 0.6 is 0 Å². The Morgan fingerprint density at radius 3 is 2.44 bits per heavy atom. The number of nitrogens with one attached hydrogen (secondary N) is 1. The number of aliphatic hydroxyl groups excluding tert-OH is 1. The molecule has 2 aromatic rings. The highest BCUT2D eigenvalue weighted by atomic mass is 16.8. The molecular weight excluding hydrogens is 807 g/mol. The summed E-state index contributed by atoms with van der Waals surface area (Å²) < 4.78 is 33.8. The Morgan fingerprint density at radius 2 is 1.74 bits per heavy atom. The van der Waals surface area contributed by atoms with Crippen molar-refractivity contribution < 1.29 is 67.1 Å². The Kier molecular flexibility index (Phi) is 12.9. The first kappa shape index (κ1) is 44.8. The second-order valence-electron chi connectivity index (χ2n) is 18.2. The molecule has 4 saturated heterocycles. The summed E-state index contributed by atoms with van der Waals surface area (Å²) in [5, 5.41) is 14.5. The molecule has 1 saturated carbocycles. The minimum absolute atomic E-state index is 0.00983. The van der Waals surface area contributed by atoms with E-state index in [4.69, 9.17) is 33.3 Å². The van der Waals surface area contributed by atoms with Crippen LogP contribution in [0.5, 0.6) is 0 Å². The first-order chi connectivity index (χ1) is 29.4. The van der Waals surface area contributed by atoms with Gasteiger partial charge in [0.05, 0.1) is 19.2 Å². The van der Waals surface area contributed by atoms with Crippen LogP contribution in [0.1, 0.15) is 70.6 Å². The number of ether oxygens (including phenoxy) is 6. The maximum atomic E-state index is 15.4. The van der Waals surface area contributed by atoms with Gasteiger partial charge in [0.15, 0.2) is 6.04 Å². The average molecular weight is 862 g/mol. The van der Waals surface area contributed by atoms with E-state index in [0.717, 1.165) is 5.56 Å². The molecule has 7 rings (SSSR count). The molecule has 2 amide bonds. The molecule has 2 N–H and O–H groups in total. The third-order valence-electron chi connectivity index (χ3n) is 12.0. The predicted molar refractivity (Wildman–Crippen MR) is 217 cm³/mol. The van der Waals surface area contributed by atoms with Crippen molar-refractivity contribution in [3.63, 3.8) is 0 Å². The molecule has 4 aliphatic heterocycles. The number of aliphatic hydroxyl groups is 1. The molecule has 5 aliphatic rings. The summed E-state index contributed by atoms with van der Waals surface area (Å²) in [5.74, 6) is -3.61. The van der Waals surface area contributed by atoms with Gasteiger partial charge in [-0.2, -0.15) is 5.06 Å². The van der Waals surface area contributed by atoms with Gasteiger partial charge in [-0.3, -0.25) is 24.0 Å². The number of rotatable bonds is 15. The number of likely N-dealkylation sites (N-methyl/N-ethyl adjacent to an activating group) is 1. The summed E-state index contributed by atoms with van der Waals surface area (Å²) in [6, 6.07) is 13.0. The Labute approximate surface area is 359 Å². The molecule has 1 aliphatic carbocycles. The molecule has 5 fully saturated rings. The quantitative estimate of drug-likeness (QED) is 0.150. The van der Waals surface area contributed by atoms with Crippen molar-refractivity contribution in [2.45, 2.75) is 121 Å². The fourth-order valence-electron chi connectivity index (χ4n) is 8.95. The Morgan fingerprint density at radius 1 is 1.02 bits per heavy atom. The monoisotopic (exact) mass is 861 g/mol. The molecule has 334 valence electrons. The zero-order valence-corrected chi connectivity index (χ0v) is 35.8. The van der Waals surface area contributed by atoms with Crippen LogP contribution in [0.4, 0.5) is 0 Å². The lowest BCUT2D eigenvalue weighted by molar-refractivity contribution is -0.204. The standard InChI is InChI=1S/C45H55N3O14/c1-43(2,3)61-33(51)18-16-29(23-49)46-39(52)30(20-26-11-8-7-9-12-26)47(6)42(55)45-21-31-34-35(58-25-57-34)37(45)62-48(36(45)40(53)59-31)22-28-14-10-13-27(19-28)15-17-32(50)60-38-41(54)56-24-44(38,4)5/h7-15,17,19,29-31,34-38,49H,16,18,20-25H2,1-6H3,(H,46,52). The summed E-state index contributed by atoms with van der Waals surface area (Å²) in [5.41, 5.74) is -0.932. The number of amides is 2. The van der Waals surface area contributed by atoms with Crippen LogP contribution in [-0.2, 0) is 75.0 Å². The van der Waals surface area contributed by atoms with Crippen molar-refractivity contribution in [1.82, 2.24) is 15.3 Å². The number of esters is 4. The summed E-state index contributed by atoms with van der Waals surface area (Å²) in [6.45, 7) is 8.37. The molecule has 0 aromatic heterocycles. The maximum Gasteiger partial charge on any atom is 0.348 e. The van der Waals surface area contributed by atoms with Crippen LogP contribution in [0, 0.1) is 10.8 Å². The van der Waals surface area contributed by atoms with E-state index in [1.165, 1.54) is 29.2 Å². The third-order valence-corrected chi connectivity index (χ3v) is 12.0. The zero-order chi connectivity index (χ0) is 44.6. The van der Waals surface area contributed by atoms with E-state index < -0.39 is 107 Å². The fraction of sp³-hybridized carbons (Fsp3) is 0.556. The van der Waals surface area contributed by atoms with Crippen LogP contribution in [0.3, 0.4) is 0 Å². The van der Waals surface area contributed by atoms with Crippen molar-refractivity contribution >= 4 is 41.8 Å². The van der Waals surface area contributed by atoms with E-state index in [2.05, 4.69) is 5.32 Å². The van der Waals surface area contributed by atoms with Crippen LogP contribution in [0.15, 0.2) is 60.7 Å². The van der Waals surface area contributed by atoms with Gasteiger partial charge in [0, 0.05) is 37.8 Å². The Hall–Kier alpha value is -5.20. The van der Waals surface area contributed by atoms with Gasteiger partial charge in [0.1, 0.15) is 54.9 Å². The number of carbonyl (C=O) groups is 6. The largest absolute Gasteiger partial charge is 0.462 e. The second-order valence-corrected chi connectivity index (χ2v) is 18.2. The SMILES string of the molecule is CN(C(=O)C12CC3OC(=O)C1N(Cc1cccc(C=CC(=O)OC4C(=O)OCC4(C)C)c1)OC2C1OCOC31)C(Cc1ccccc1)C(=O)NC(CO)CCC(=O)OC(C)(C)C. The number of hydrogen-bond acceptors (Lipinski definition) is 15. The minimum atomic E-state index is -1.58. The van der Waals surface area contributed by atoms with Gasteiger partial charge >= 0.3 is 23.9 Å². The highest BCUT2D eigenvalue weighted by molar-refractivity contribution is 5.96. The van der Waals surface area contributed by atoms with Crippen LogP contribution in [0.25, 0.3) is 6.08 Å². The van der Waals surface area contributed by atoms with Crippen LogP contribution in [-0.4, -0.2) is 132 Å². The topological polar surface area (TPSA) is 206 Å². The van der Waals surface area contributed by atoms with Crippen LogP contribution < -0.4 is 5.32 Å². The fourth-order valence-corrected chi connectivity index (χ4v) is 8.95. The summed E-state index contributed by atoms with van der Waals surface area (Å²) in [4.78, 5) is 89.2. The molecule has 2 aromatic carbocycles. The highest BCUT2D eigenvalue weighted by Crippen LogP contribution is 2.56. The number of benzene rings is 2. The lowest BCUT2D eigenvalue weighted by Crippen LogP contribution is -2.70. The first-order valence-corrected chi connectivity index (χ1v) is 20.9. The van der Waals surface area contributed by atoms with Gasteiger partial charge in [0.2, 0.25) is 17.9 Å².